The van der Waals surface area contributed by atoms with Gasteiger partial charge in [-0.05, 0) is 0 Å². The minimum absolute atomic E-state index is 2.54. The Balaban J connectivity index is 3.99. The molecule has 0 N–H and O–H groups in total. The summed E-state index contributed by atoms with van der Waals surface area (Å²) in [7, 11) is -6.00. The van der Waals surface area contributed by atoms with Gasteiger partial charge in [-0.2, -0.15) is 9.05 Å². The molecule has 0 saturated heterocycles. The van der Waals surface area contributed by atoms with Crippen LogP contribution in [-0.2, 0) is 9.05 Å². The maximum atomic E-state index is 11.7. The molecule has 0 spiro atoms. The number of carbonyl (C=O) groups excluding carboxylic acids is 2. The first-order valence-electron chi connectivity index (χ1n) is 1.90. The van der Waals surface area contributed by atoms with Crippen LogP contribution in [0.15, 0.2) is 0 Å². The van der Waals surface area contributed by atoms with Crippen LogP contribution in [-0.4, -0.2) is 12.4 Å². The molecule has 0 aromatic rings. The molecular weight excluding hydrogens is 195 g/mol. The maximum absolute atomic E-state index is 11.7. The Kier molecular flexibility index (Phi) is 3.18. The lowest BCUT2D eigenvalue weighted by Crippen LogP contribution is -1.98. The van der Waals surface area contributed by atoms with E-state index in [1.54, 1.807) is 0 Å². The van der Waals surface area contributed by atoms with E-state index in [1.165, 1.54) is 0 Å². The third kappa shape index (κ3) is 5.53. The van der Waals surface area contributed by atoms with E-state index in [9.17, 15) is 26.8 Å². The second kappa shape index (κ2) is 3.47. The molecule has 0 aliphatic carbocycles. The SMILES string of the molecule is O=C(F)O[P+](F)(F)OC(=O)F. The zero-order valence-electron chi connectivity index (χ0n) is 4.59. The highest BCUT2D eigenvalue weighted by Crippen LogP contribution is 2.65. The predicted molar refractivity (Wildman–Crippen MR) is 24.3 cm³/mol. The Bertz CT molecular complexity index is 163. The van der Waals surface area contributed by atoms with Gasteiger partial charge in [0.2, 0.25) is 0 Å². The first kappa shape index (κ1) is 10.1. The summed E-state index contributed by atoms with van der Waals surface area (Å²) in [5.74, 6) is 0. The minimum atomic E-state index is -6.00. The van der Waals surface area contributed by atoms with Crippen LogP contribution in [0.5, 0.6) is 0 Å². The standard InChI is InChI=1S/C2F4O4P/c3-1(7)9-11(5,6)10-2(4)8/q+1. The second-order valence-corrected chi connectivity index (χ2v) is 2.27. The summed E-state index contributed by atoms with van der Waals surface area (Å²) in [6, 6.07) is 0. The minimum Gasteiger partial charge on any atom is -0.207 e. The van der Waals surface area contributed by atoms with E-state index in [0.717, 1.165) is 0 Å². The van der Waals surface area contributed by atoms with Gasteiger partial charge in [0, 0.05) is 0 Å². The average molecular weight is 195 g/mol. The number of hydrogen-bond donors (Lipinski definition) is 0. The average Bonchev–Trinajstić information content (AvgIpc) is 1.53. The van der Waals surface area contributed by atoms with Crippen LogP contribution in [0, 0.1) is 0 Å². The number of carbonyl (C=O) groups is 2. The Morgan fingerprint density at radius 2 is 1.27 bits per heavy atom. The van der Waals surface area contributed by atoms with Gasteiger partial charge in [-0.3, -0.25) is 0 Å². The van der Waals surface area contributed by atoms with Crippen LogP contribution in [0.1, 0.15) is 0 Å². The van der Waals surface area contributed by atoms with Gasteiger partial charge in [0.1, 0.15) is 0 Å². The fourth-order valence-electron chi connectivity index (χ4n) is 0.186. The molecule has 4 nitrogen and oxygen atoms in total. The molecule has 0 amide bonds. The molecule has 0 unspecified atom stereocenters. The van der Waals surface area contributed by atoms with Crippen LogP contribution < -0.4 is 0 Å². The molecule has 0 aliphatic rings. The van der Waals surface area contributed by atoms with Crippen LogP contribution in [0.4, 0.5) is 26.8 Å². The predicted octanol–water partition coefficient (Wildman–Crippen LogP) is 2.82. The number of hydrogen-bond acceptors (Lipinski definition) is 4. The van der Waals surface area contributed by atoms with Gasteiger partial charge < -0.3 is 0 Å². The molecule has 0 rings (SSSR count). The summed E-state index contributed by atoms with van der Waals surface area (Å²) in [6.07, 6.45) is -5.69. The van der Waals surface area contributed by atoms with Crippen LogP contribution in [0.2, 0.25) is 0 Å². The van der Waals surface area contributed by atoms with Gasteiger partial charge in [-0.25, -0.2) is 9.59 Å². The van der Waals surface area contributed by atoms with Crippen molar-refractivity contribution in [1.82, 2.24) is 0 Å². The molecule has 0 heterocycles. The Morgan fingerprint density at radius 3 is 1.45 bits per heavy atom. The molecule has 0 atom stereocenters. The molecule has 0 aromatic heterocycles. The van der Waals surface area contributed by atoms with Gasteiger partial charge >= 0.3 is 20.8 Å². The van der Waals surface area contributed by atoms with Crippen molar-refractivity contribution in [3.63, 3.8) is 0 Å². The molecule has 0 bridgehead atoms. The highest BCUT2D eigenvalue weighted by Gasteiger charge is 2.56. The second-order valence-electron chi connectivity index (χ2n) is 1.07. The van der Waals surface area contributed by atoms with Crippen LogP contribution in [0.25, 0.3) is 0 Å². The monoisotopic (exact) mass is 195 g/mol. The van der Waals surface area contributed by atoms with E-state index in [2.05, 4.69) is 9.05 Å². The number of halogens is 4. The van der Waals surface area contributed by atoms with Gasteiger partial charge in [0.25, 0.3) is 0 Å². The lowest BCUT2D eigenvalue weighted by molar-refractivity contribution is 0.137. The lowest BCUT2D eigenvalue weighted by atomic mass is 11.5. The van der Waals surface area contributed by atoms with E-state index < -0.39 is 20.8 Å². The van der Waals surface area contributed by atoms with Gasteiger partial charge in [0.05, 0.1) is 8.39 Å². The summed E-state index contributed by atoms with van der Waals surface area (Å²) >= 11 is 0. The highest BCUT2D eigenvalue weighted by molar-refractivity contribution is 7.56. The molecule has 9 heteroatoms. The van der Waals surface area contributed by atoms with Crippen molar-refractivity contribution in [2.24, 2.45) is 0 Å². The van der Waals surface area contributed by atoms with Crippen molar-refractivity contribution in [1.29, 1.82) is 0 Å². The van der Waals surface area contributed by atoms with E-state index in [1.807, 2.05) is 0 Å². The number of rotatable bonds is 2. The lowest BCUT2D eigenvalue weighted by Gasteiger charge is -1.94. The van der Waals surface area contributed by atoms with Crippen molar-refractivity contribution in [3.05, 3.63) is 0 Å². The van der Waals surface area contributed by atoms with E-state index >= 15 is 0 Å². The van der Waals surface area contributed by atoms with Gasteiger partial charge in [0.15, 0.2) is 0 Å². The van der Waals surface area contributed by atoms with Gasteiger partial charge in [-0.1, -0.05) is 0 Å². The maximum Gasteiger partial charge on any atom is 0.772 e. The normalized spacial score (nSPS) is 10.5. The summed E-state index contributed by atoms with van der Waals surface area (Å²) in [5.41, 5.74) is 0. The molecule has 0 aliphatic heterocycles. The Labute approximate surface area is 57.8 Å². The fourth-order valence-corrected chi connectivity index (χ4v) is 0.557. The first-order chi connectivity index (χ1) is 4.83. The molecule has 11 heavy (non-hydrogen) atoms. The molecular formula is C2F4O4P+. The molecule has 0 fully saturated rings. The molecule has 0 radical (unpaired) electrons. The van der Waals surface area contributed by atoms with Crippen molar-refractivity contribution in [3.8, 4) is 0 Å². The van der Waals surface area contributed by atoms with Crippen molar-refractivity contribution in [2.75, 3.05) is 0 Å². The van der Waals surface area contributed by atoms with E-state index in [0.29, 0.717) is 0 Å². The summed E-state index contributed by atoms with van der Waals surface area (Å²) < 4.78 is 50.5. The third-order valence-electron chi connectivity index (χ3n) is 0.356. The quantitative estimate of drug-likeness (QED) is 0.386. The summed E-state index contributed by atoms with van der Waals surface area (Å²) in [6.45, 7) is 0. The largest absolute Gasteiger partial charge is 0.772 e. The first-order valence-corrected chi connectivity index (χ1v) is 3.30. The Morgan fingerprint density at radius 1 is 1.00 bits per heavy atom. The molecule has 0 aromatic carbocycles. The zero-order valence-corrected chi connectivity index (χ0v) is 5.49. The summed E-state index contributed by atoms with van der Waals surface area (Å²) in [5, 5.41) is 0. The third-order valence-corrected chi connectivity index (χ3v) is 1.07. The van der Waals surface area contributed by atoms with Crippen LogP contribution in [0.3, 0.4) is 0 Å². The Hall–Kier alpha value is -0.910. The summed E-state index contributed by atoms with van der Waals surface area (Å²) in [4.78, 5) is 18.4. The van der Waals surface area contributed by atoms with Crippen molar-refractivity contribution in [2.45, 2.75) is 0 Å². The zero-order chi connectivity index (χ0) is 9.07. The highest BCUT2D eigenvalue weighted by atomic mass is 31.3. The molecule has 0 saturated carbocycles. The van der Waals surface area contributed by atoms with Crippen LogP contribution >= 0.6 is 8.34 Å². The van der Waals surface area contributed by atoms with Crippen molar-refractivity contribution >= 4 is 20.8 Å². The fraction of sp³-hybridized carbons (Fsp3) is 0. The van der Waals surface area contributed by atoms with E-state index in [4.69, 9.17) is 0 Å². The van der Waals surface area contributed by atoms with Crippen molar-refractivity contribution < 1.29 is 35.8 Å². The van der Waals surface area contributed by atoms with Gasteiger partial charge in [-0.15, -0.1) is 8.78 Å². The molecule has 64 valence electrons. The van der Waals surface area contributed by atoms with E-state index in [-0.39, 0.29) is 0 Å². The smallest absolute Gasteiger partial charge is 0.207 e. The topological polar surface area (TPSA) is 52.6 Å².